The van der Waals surface area contributed by atoms with Crippen molar-refractivity contribution in [2.45, 2.75) is 6.18 Å². The molecule has 0 atom stereocenters. The number of para-hydroxylation sites is 1. The van der Waals surface area contributed by atoms with Crippen molar-refractivity contribution in [3.05, 3.63) is 67.0 Å². The van der Waals surface area contributed by atoms with Crippen LogP contribution in [-0.2, 0) is 11.8 Å². The number of aromatic nitrogens is 3. The first-order valence-corrected chi connectivity index (χ1v) is 12.7. The minimum absolute atomic E-state index is 0.134. The summed E-state index contributed by atoms with van der Waals surface area (Å²) in [4.78, 5) is 25.3. The lowest BCUT2D eigenvalue weighted by atomic mass is 10.1. The van der Waals surface area contributed by atoms with Gasteiger partial charge in [-0.1, -0.05) is 24.8 Å². The van der Waals surface area contributed by atoms with Gasteiger partial charge in [-0.15, -0.1) is 0 Å². The smallest absolute Gasteiger partial charge is 0.421 e. The number of fused-ring (bicyclic) bond motifs is 1. The van der Waals surface area contributed by atoms with Crippen molar-refractivity contribution in [2.75, 3.05) is 56.9 Å². The van der Waals surface area contributed by atoms with E-state index in [0.29, 0.717) is 35.9 Å². The van der Waals surface area contributed by atoms with Crippen molar-refractivity contribution in [1.82, 2.24) is 19.4 Å². The number of methoxy groups -OCH3 is 1. The summed E-state index contributed by atoms with van der Waals surface area (Å²) in [5.74, 6) is -0.743. The summed E-state index contributed by atoms with van der Waals surface area (Å²) in [6.45, 7) is 4.12. The lowest BCUT2D eigenvalue weighted by molar-refractivity contribution is -0.126. The van der Waals surface area contributed by atoms with Crippen molar-refractivity contribution in [3.8, 4) is 17.0 Å². The molecule has 0 bridgehead atoms. The average molecular weight is 568 g/mol. The van der Waals surface area contributed by atoms with Crippen LogP contribution in [0.25, 0.3) is 22.2 Å². The van der Waals surface area contributed by atoms with Crippen molar-refractivity contribution in [3.63, 3.8) is 0 Å². The van der Waals surface area contributed by atoms with Crippen LogP contribution >= 0.6 is 0 Å². The van der Waals surface area contributed by atoms with Gasteiger partial charge in [-0.3, -0.25) is 4.79 Å². The Kier molecular flexibility index (Phi) is 8.52. The van der Waals surface area contributed by atoms with Gasteiger partial charge in [0.1, 0.15) is 11.3 Å². The molecule has 0 radical (unpaired) electrons. The quantitative estimate of drug-likeness (QED) is 0.247. The van der Waals surface area contributed by atoms with E-state index in [1.165, 1.54) is 13.2 Å². The standard InChI is InChI=1S/C29H32F3N7O2/c1-18(29(30,31)32)27(40)34-22-15-23(26(41-6)16-25(22)38(4)14-13-37(2)3)36-28-33-12-11-21(35-28)20-17-39(5)24-10-8-7-9-19(20)24/h7-12,15-17H,1,13-14H2,2-6H3,(H,34,40)(H,33,35,36). The molecule has 0 aliphatic heterocycles. The third-order valence-corrected chi connectivity index (χ3v) is 6.55. The van der Waals surface area contributed by atoms with Crippen LogP contribution in [0.15, 0.2) is 67.0 Å². The number of halogens is 3. The zero-order valence-electron chi connectivity index (χ0n) is 23.5. The number of nitrogens with one attached hydrogen (secondary N) is 2. The SMILES string of the molecule is C=C(C(=O)Nc1cc(Nc2nccc(-c3cn(C)c4ccccc34)n2)c(OC)cc1N(C)CCN(C)C)C(F)(F)F. The fourth-order valence-corrected chi connectivity index (χ4v) is 4.28. The number of amides is 1. The molecule has 41 heavy (non-hydrogen) atoms. The number of hydrogen-bond donors (Lipinski definition) is 2. The highest BCUT2D eigenvalue weighted by Gasteiger charge is 2.37. The summed E-state index contributed by atoms with van der Waals surface area (Å²) in [5.41, 5.74) is 2.08. The summed E-state index contributed by atoms with van der Waals surface area (Å²) in [5, 5.41) is 6.50. The number of rotatable bonds is 10. The highest BCUT2D eigenvalue weighted by molar-refractivity contribution is 6.06. The molecule has 0 spiro atoms. The molecule has 12 heteroatoms. The van der Waals surface area contributed by atoms with Crippen molar-refractivity contribution < 1.29 is 22.7 Å². The summed E-state index contributed by atoms with van der Waals surface area (Å²) < 4.78 is 47.2. The van der Waals surface area contributed by atoms with E-state index in [-0.39, 0.29) is 11.6 Å². The molecule has 2 heterocycles. The molecule has 0 saturated carbocycles. The molecule has 9 nitrogen and oxygen atoms in total. The number of benzene rings is 2. The first kappa shape index (κ1) is 29.4. The van der Waals surface area contributed by atoms with E-state index in [1.807, 2.05) is 66.0 Å². The maximum Gasteiger partial charge on any atom is 0.421 e. The van der Waals surface area contributed by atoms with Gasteiger partial charge in [0.15, 0.2) is 0 Å². The zero-order valence-corrected chi connectivity index (χ0v) is 23.5. The number of alkyl halides is 3. The Labute approximate surface area is 236 Å². The first-order chi connectivity index (χ1) is 19.4. The fourth-order valence-electron chi connectivity index (χ4n) is 4.28. The molecule has 0 unspecified atom stereocenters. The molecular weight excluding hydrogens is 535 g/mol. The third kappa shape index (κ3) is 6.60. The van der Waals surface area contributed by atoms with Crippen LogP contribution in [0.1, 0.15) is 0 Å². The third-order valence-electron chi connectivity index (χ3n) is 6.55. The Morgan fingerprint density at radius 3 is 2.51 bits per heavy atom. The zero-order chi connectivity index (χ0) is 29.9. The number of carbonyl (C=O) groups excluding carboxylic acids is 1. The van der Waals surface area contributed by atoms with E-state index in [1.54, 1.807) is 25.4 Å². The molecule has 0 saturated heterocycles. The van der Waals surface area contributed by atoms with Crippen LogP contribution in [0.2, 0.25) is 0 Å². The summed E-state index contributed by atoms with van der Waals surface area (Å²) >= 11 is 0. The highest BCUT2D eigenvalue weighted by atomic mass is 19.4. The Morgan fingerprint density at radius 1 is 1.10 bits per heavy atom. The van der Waals surface area contributed by atoms with E-state index < -0.39 is 17.7 Å². The molecule has 4 rings (SSSR count). The minimum atomic E-state index is -4.87. The van der Waals surface area contributed by atoms with E-state index >= 15 is 0 Å². The predicted octanol–water partition coefficient (Wildman–Crippen LogP) is 5.44. The van der Waals surface area contributed by atoms with Gasteiger partial charge < -0.3 is 29.7 Å². The largest absolute Gasteiger partial charge is 0.494 e. The van der Waals surface area contributed by atoms with E-state index in [4.69, 9.17) is 4.74 Å². The molecule has 1 amide bonds. The van der Waals surface area contributed by atoms with Gasteiger partial charge in [-0.2, -0.15) is 13.2 Å². The second-order valence-corrected chi connectivity index (χ2v) is 9.79. The number of ether oxygens (including phenoxy) is 1. The van der Waals surface area contributed by atoms with Crippen LogP contribution in [0.3, 0.4) is 0 Å². The Morgan fingerprint density at radius 2 is 1.83 bits per heavy atom. The molecule has 4 aromatic rings. The number of nitrogens with zero attached hydrogens (tertiary/aromatic N) is 5. The predicted molar refractivity (Wildman–Crippen MR) is 156 cm³/mol. The molecule has 2 aromatic heterocycles. The lowest BCUT2D eigenvalue weighted by Crippen LogP contribution is -2.30. The molecule has 2 N–H and O–H groups in total. The number of anilines is 4. The maximum absolute atomic E-state index is 13.2. The normalized spacial score (nSPS) is 11.5. The second kappa shape index (κ2) is 11.9. The summed E-state index contributed by atoms with van der Waals surface area (Å²) in [7, 11) is 9.02. The topological polar surface area (TPSA) is 87.5 Å². The van der Waals surface area contributed by atoms with Crippen molar-refractivity contribution in [1.29, 1.82) is 0 Å². The summed E-state index contributed by atoms with van der Waals surface area (Å²) in [6.07, 6.45) is -1.28. The number of hydrogen-bond acceptors (Lipinski definition) is 7. The Balaban J connectivity index is 1.73. The van der Waals surface area contributed by atoms with Gasteiger partial charge in [0.25, 0.3) is 5.91 Å². The van der Waals surface area contributed by atoms with Gasteiger partial charge in [0, 0.05) is 62.1 Å². The average Bonchev–Trinajstić information content (AvgIpc) is 3.27. The highest BCUT2D eigenvalue weighted by Crippen LogP contribution is 2.39. The van der Waals surface area contributed by atoms with Crippen molar-refractivity contribution in [2.24, 2.45) is 7.05 Å². The lowest BCUT2D eigenvalue weighted by Gasteiger charge is -2.26. The van der Waals surface area contributed by atoms with Gasteiger partial charge in [-0.25, -0.2) is 9.97 Å². The van der Waals surface area contributed by atoms with E-state index in [9.17, 15) is 18.0 Å². The van der Waals surface area contributed by atoms with Crippen LogP contribution in [0.5, 0.6) is 5.75 Å². The van der Waals surface area contributed by atoms with Gasteiger partial charge in [0.2, 0.25) is 5.95 Å². The molecule has 0 fully saturated rings. The van der Waals surface area contributed by atoms with Crippen LogP contribution in [0, 0.1) is 0 Å². The van der Waals surface area contributed by atoms with E-state index in [0.717, 1.165) is 16.5 Å². The first-order valence-electron chi connectivity index (χ1n) is 12.7. The summed E-state index contributed by atoms with van der Waals surface area (Å²) in [6, 6.07) is 12.9. The van der Waals surface area contributed by atoms with Crippen LogP contribution in [0.4, 0.5) is 36.2 Å². The molecule has 0 aliphatic rings. The number of likely N-dealkylation sites (N-methyl/N-ethyl adjacent to an activating group) is 2. The van der Waals surface area contributed by atoms with Gasteiger partial charge in [-0.05, 0) is 32.3 Å². The Bertz CT molecular complexity index is 1580. The second-order valence-electron chi connectivity index (χ2n) is 9.79. The minimum Gasteiger partial charge on any atom is -0.494 e. The van der Waals surface area contributed by atoms with Crippen LogP contribution in [-0.4, -0.2) is 72.9 Å². The Hall–Kier alpha value is -4.58. The van der Waals surface area contributed by atoms with E-state index in [2.05, 4.69) is 27.2 Å². The molecule has 216 valence electrons. The van der Waals surface area contributed by atoms with Gasteiger partial charge >= 0.3 is 6.18 Å². The number of carbonyl (C=O) groups is 1. The van der Waals surface area contributed by atoms with Crippen LogP contribution < -0.4 is 20.3 Å². The number of aryl methyl sites for hydroxylation is 1. The monoisotopic (exact) mass is 567 g/mol. The van der Waals surface area contributed by atoms with Gasteiger partial charge in [0.05, 0.1) is 29.9 Å². The fraction of sp³-hybridized carbons (Fsp3) is 0.276. The van der Waals surface area contributed by atoms with Crippen molar-refractivity contribution >= 4 is 39.8 Å². The maximum atomic E-state index is 13.2. The molecule has 0 aliphatic carbocycles. The molecular formula is C29H32F3N7O2. The molecule has 2 aromatic carbocycles.